The number of urea groups is 1. The van der Waals surface area contributed by atoms with Crippen molar-refractivity contribution < 1.29 is 19.1 Å². The van der Waals surface area contributed by atoms with Gasteiger partial charge in [-0.05, 0) is 37.0 Å². The molecule has 1 N–H and O–H groups in total. The van der Waals surface area contributed by atoms with Crippen molar-refractivity contribution in [2.45, 2.75) is 50.7 Å². The summed E-state index contributed by atoms with van der Waals surface area (Å²) in [5.41, 5.74) is 1.90. The number of benzene rings is 1. The van der Waals surface area contributed by atoms with E-state index in [9.17, 15) is 14.4 Å². The van der Waals surface area contributed by atoms with Crippen molar-refractivity contribution in [3.8, 4) is 0 Å². The van der Waals surface area contributed by atoms with Crippen molar-refractivity contribution in [3.05, 3.63) is 34.9 Å². The number of fused-ring (bicyclic) bond motifs is 1. The van der Waals surface area contributed by atoms with Crippen LogP contribution in [0.5, 0.6) is 0 Å². The summed E-state index contributed by atoms with van der Waals surface area (Å²) < 4.78 is 4.77. The third-order valence-corrected chi connectivity index (χ3v) is 5.97. The summed E-state index contributed by atoms with van der Waals surface area (Å²) in [6.07, 6.45) is 4.89. The number of nitrogens with zero attached hydrogens (tertiary/aromatic N) is 2. The topological polar surface area (TPSA) is 79.0 Å². The van der Waals surface area contributed by atoms with E-state index in [1.165, 1.54) is 7.11 Å². The number of hydrogen-bond donors (Lipinski definition) is 1. The summed E-state index contributed by atoms with van der Waals surface area (Å²) in [6, 6.07) is 5.23. The predicted octanol–water partition coefficient (Wildman–Crippen LogP) is 2.16. The Balaban J connectivity index is 1.59. The molecule has 1 saturated heterocycles. The van der Waals surface area contributed by atoms with Crippen LogP contribution in [-0.2, 0) is 11.3 Å². The van der Waals surface area contributed by atoms with Crippen molar-refractivity contribution in [1.29, 1.82) is 0 Å². The second-order valence-electron chi connectivity index (χ2n) is 7.49. The van der Waals surface area contributed by atoms with Gasteiger partial charge in [0.15, 0.2) is 0 Å². The van der Waals surface area contributed by atoms with Gasteiger partial charge in [0.05, 0.1) is 24.8 Å². The van der Waals surface area contributed by atoms with E-state index < -0.39 is 5.97 Å². The van der Waals surface area contributed by atoms with Gasteiger partial charge < -0.3 is 19.9 Å². The normalized spacial score (nSPS) is 25.2. The number of carbonyl (C=O) groups is 3. The fraction of sp³-hybridized carbons (Fsp3) is 0.550. The average molecular weight is 371 g/mol. The molecular formula is C20H25N3O4. The fourth-order valence-corrected chi connectivity index (χ4v) is 4.62. The predicted molar refractivity (Wildman–Crippen MR) is 98.4 cm³/mol. The van der Waals surface area contributed by atoms with Crippen molar-refractivity contribution >= 4 is 17.9 Å². The molecule has 1 aromatic carbocycles. The van der Waals surface area contributed by atoms with Crippen LogP contribution in [0.15, 0.2) is 18.2 Å². The standard InChI is InChI=1S/C20H25N3O4/c1-27-19(25)13-7-8-14-12-23(18(24)15(14)11-13)17-6-3-2-5-16(17)22-10-4-9-21-20(22)26/h7-8,11,16-17H,2-6,9-10,12H2,1H3,(H,21,26)/t16-,17-/m1/s1. The molecule has 0 bridgehead atoms. The average Bonchev–Trinajstić information content (AvgIpc) is 3.03. The van der Waals surface area contributed by atoms with E-state index >= 15 is 0 Å². The SMILES string of the molecule is COC(=O)c1ccc2c(c1)C(=O)N([C@@H]1CCCC[C@H]1N1CCCNC1=O)C2. The highest BCUT2D eigenvalue weighted by molar-refractivity contribution is 6.01. The molecule has 144 valence electrons. The molecule has 3 aliphatic rings. The maximum absolute atomic E-state index is 13.1. The Hall–Kier alpha value is -2.57. The largest absolute Gasteiger partial charge is 0.465 e. The molecule has 0 radical (unpaired) electrons. The third kappa shape index (κ3) is 3.15. The quantitative estimate of drug-likeness (QED) is 0.826. The summed E-state index contributed by atoms with van der Waals surface area (Å²) in [5.74, 6) is -0.491. The van der Waals surface area contributed by atoms with Crippen molar-refractivity contribution in [3.63, 3.8) is 0 Å². The van der Waals surface area contributed by atoms with Crippen LogP contribution in [0.4, 0.5) is 4.79 Å². The number of carbonyl (C=O) groups excluding carboxylic acids is 3. The minimum absolute atomic E-state index is 0.0177. The number of methoxy groups -OCH3 is 1. The van der Waals surface area contributed by atoms with E-state index in [-0.39, 0.29) is 24.0 Å². The fourth-order valence-electron chi connectivity index (χ4n) is 4.62. The maximum Gasteiger partial charge on any atom is 0.337 e. The summed E-state index contributed by atoms with van der Waals surface area (Å²) in [7, 11) is 1.33. The molecule has 1 aliphatic carbocycles. The van der Waals surface area contributed by atoms with Gasteiger partial charge in [-0.3, -0.25) is 4.79 Å². The highest BCUT2D eigenvalue weighted by Gasteiger charge is 2.42. The Morgan fingerprint density at radius 2 is 1.85 bits per heavy atom. The summed E-state index contributed by atoms with van der Waals surface area (Å²) in [5, 5.41) is 2.93. The van der Waals surface area contributed by atoms with Gasteiger partial charge in [0, 0.05) is 25.2 Å². The number of ether oxygens (including phenoxy) is 1. The lowest BCUT2D eigenvalue weighted by Gasteiger charge is -2.45. The van der Waals surface area contributed by atoms with Crippen LogP contribution in [0, 0.1) is 0 Å². The highest BCUT2D eigenvalue weighted by atomic mass is 16.5. The van der Waals surface area contributed by atoms with Gasteiger partial charge in [0.1, 0.15) is 0 Å². The van der Waals surface area contributed by atoms with Gasteiger partial charge in [-0.15, -0.1) is 0 Å². The molecule has 27 heavy (non-hydrogen) atoms. The smallest absolute Gasteiger partial charge is 0.337 e. The van der Waals surface area contributed by atoms with E-state index in [1.807, 2.05) is 15.9 Å². The van der Waals surface area contributed by atoms with Crippen molar-refractivity contribution in [2.75, 3.05) is 20.2 Å². The van der Waals surface area contributed by atoms with Gasteiger partial charge in [-0.25, -0.2) is 9.59 Å². The molecule has 2 heterocycles. The van der Waals surface area contributed by atoms with Crippen LogP contribution in [-0.4, -0.2) is 60.0 Å². The molecule has 4 rings (SSSR count). The van der Waals surface area contributed by atoms with Gasteiger partial charge in [0.2, 0.25) is 0 Å². The minimum Gasteiger partial charge on any atom is -0.465 e. The first-order valence-electron chi connectivity index (χ1n) is 9.67. The van der Waals surface area contributed by atoms with Crippen LogP contribution in [0.2, 0.25) is 0 Å². The number of hydrogen-bond acceptors (Lipinski definition) is 4. The van der Waals surface area contributed by atoms with Crippen molar-refractivity contribution in [1.82, 2.24) is 15.1 Å². The van der Waals surface area contributed by atoms with Crippen LogP contribution < -0.4 is 5.32 Å². The zero-order valence-electron chi connectivity index (χ0n) is 15.6. The Kier molecular flexibility index (Phi) is 4.76. The van der Waals surface area contributed by atoms with E-state index in [4.69, 9.17) is 4.74 Å². The Labute approximate surface area is 158 Å². The highest BCUT2D eigenvalue weighted by Crippen LogP contribution is 2.34. The maximum atomic E-state index is 13.1. The molecule has 1 saturated carbocycles. The Bertz CT molecular complexity index is 778. The van der Waals surface area contributed by atoms with E-state index in [2.05, 4.69) is 5.32 Å². The number of esters is 1. The molecule has 0 spiro atoms. The monoisotopic (exact) mass is 371 g/mol. The summed E-state index contributed by atoms with van der Waals surface area (Å²) in [4.78, 5) is 41.1. The van der Waals surface area contributed by atoms with Gasteiger partial charge in [-0.1, -0.05) is 18.9 Å². The third-order valence-electron chi connectivity index (χ3n) is 5.97. The van der Waals surface area contributed by atoms with E-state index in [1.54, 1.807) is 12.1 Å². The molecule has 1 aromatic rings. The second-order valence-corrected chi connectivity index (χ2v) is 7.49. The first-order valence-corrected chi connectivity index (χ1v) is 9.67. The zero-order valence-corrected chi connectivity index (χ0v) is 15.6. The first kappa shape index (κ1) is 17.8. The first-order chi connectivity index (χ1) is 13.1. The lowest BCUT2D eigenvalue weighted by Crippen LogP contribution is -2.59. The molecule has 0 unspecified atom stereocenters. The van der Waals surface area contributed by atoms with Gasteiger partial charge >= 0.3 is 12.0 Å². The molecule has 3 amide bonds. The number of amides is 3. The molecule has 2 atom stereocenters. The Morgan fingerprint density at radius 1 is 1.11 bits per heavy atom. The molecule has 7 nitrogen and oxygen atoms in total. The Morgan fingerprint density at radius 3 is 2.56 bits per heavy atom. The van der Waals surface area contributed by atoms with Crippen LogP contribution >= 0.6 is 0 Å². The summed E-state index contributed by atoms with van der Waals surface area (Å²) in [6.45, 7) is 2.00. The zero-order chi connectivity index (χ0) is 19.0. The van der Waals surface area contributed by atoms with E-state index in [0.29, 0.717) is 17.7 Å². The van der Waals surface area contributed by atoms with Gasteiger partial charge in [0.25, 0.3) is 5.91 Å². The van der Waals surface area contributed by atoms with Crippen LogP contribution in [0.1, 0.15) is 58.4 Å². The molecule has 2 fully saturated rings. The minimum atomic E-state index is -0.440. The van der Waals surface area contributed by atoms with E-state index in [0.717, 1.165) is 50.8 Å². The van der Waals surface area contributed by atoms with Crippen molar-refractivity contribution in [2.24, 2.45) is 0 Å². The number of nitrogens with one attached hydrogen (secondary N) is 1. The van der Waals surface area contributed by atoms with Crippen LogP contribution in [0.3, 0.4) is 0 Å². The van der Waals surface area contributed by atoms with Gasteiger partial charge in [-0.2, -0.15) is 0 Å². The van der Waals surface area contributed by atoms with Crippen LogP contribution in [0.25, 0.3) is 0 Å². The number of rotatable bonds is 3. The molecule has 0 aromatic heterocycles. The lowest BCUT2D eigenvalue weighted by molar-refractivity contribution is 0.0428. The molecule has 7 heteroatoms. The lowest BCUT2D eigenvalue weighted by atomic mass is 9.87. The molecular weight excluding hydrogens is 346 g/mol. The second kappa shape index (κ2) is 7.21. The summed E-state index contributed by atoms with van der Waals surface area (Å²) >= 11 is 0. The molecule has 2 aliphatic heterocycles.